The zero-order valence-electron chi connectivity index (χ0n) is 6.20. The first-order valence-corrected chi connectivity index (χ1v) is 4.75. The van der Waals surface area contributed by atoms with Gasteiger partial charge in [0.2, 0.25) is 0 Å². The zero-order chi connectivity index (χ0) is 6.95. The Kier molecular flexibility index (Phi) is 8.67. The molecule has 0 aliphatic carbocycles. The normalized spacial score (nSPS) is 9.56. The van der Waals surface area contributed by atoms with E-state index in [0.717, 1.165) is 0 Å². The van der Waals surface area contributed by atoms with Crippen LogP contribution in [0.1, 0.15) is 45.4 Å². The molecule has 0 bridgehead atoms. The van der Waals surface area contributed by atoms with Gasteiger partial charge in [-0.15, -0.1) is 0 Å². The molecule has 1 heteroatoms. The Labute approximate surface area is 67.2 Å². The SMILES string of the molecule is CCCCCCC[CH+]Br. The van der Waals surface area contributed by atoms with Gasteiger partial charge >= 0.3 is 0 Å². The number of halogens is 1. The van der Waals surface area contributed by atoms with Gasteiger partial charge in [-0.25, -0.2) is 0 Å². The first-order valence-electron chi connectivity index (χ1n) is 3.83. The summed E-state index contributed by atoms with van der Waals surface area (Å²) in [5.41, 5.74) is 0. The van der Waals surface area contributed by atoms with Gasteiger partial charge < -0.3 is 0 Å². The summed E-state index contributed by atoms with van der Waals surface area (Å²) in [4.78, 5) is 0. The molecule has 0 saturated heterocycles. The van der Waals surface area contributed by atoms with Crippen molar-refractivity contribution in [1.29, 1.82) is 0 Å². The molecule has 9 heavy (non-hydrogen) atoms. The van der Waals surface area contributed by atoms with Crippen LogP contribution in [0.25, 0.3) is 0 Å². The van der Waals surface area contributed by atoms with Crippen molar-refractivity contribution in [2.45, 2.75) is 45.4 Å². The predicted molar refractivity (Wildman–Crippen MR) is 46.6 cm³/mol. The lowest BCUT2D eigenvalue weighted by molar-refractivity contribution is 0.635. The van der Waals surface area contributed by atoms with Gasteiger partial charge in [0.1, 0.15) is 0 Å². The second kappa shape index (κ2) is 8.35. The van der Waals surface area contributed by atoms with E-state index in [2.05, 4.69) is 28.2 Å². The third kappa shape index (κ3) is 8.35. The van der Waals surface area contributed by atoms with Crippen molar-refractivity contribution >= 4 is 15.9 Å². The van der Waals surface area contributed by atoms with Crippen molar-refractivity contribution in [3.8, 4) is 0 Å². The van der Waals surface area contributed by atoms with Crippen molar-refractivity contribution in [1.82, 2.24) is 0 Å². The molecule has 0 aromatic carbocycles. The number of unbranched alkanes of at least 4 members (excludes halogenated alkanes) is 5. The lowest BCUT2D eigenvalue weighted by Gasteiger charge is -1.92. The minimum absolute atomic E-state index is 1.23. The highest BCUT2D eigenvalue weighted by atomic mass is 79.9. The van der Waals surface area contributed by atoms with E-state index >= 15 is 0 Å². The topological polar surface area (TPSA) is 0 Å². The van der Waals surface area contributed by atoms with Crippen molar-refractivity contribution < 1.29 is 0 Å². The minimum Gasteiger partial charge on any atom is -0.0654 e. The highest BCUT2D eigenvalue weighted by molar-refractivity contribution is 9.10. The molecule has 0 aliphatic heterocycles. The zero-order valence-corrected chi connectivity index (χ0v) is 7.78. The molecule has 0 atom stereocenters. The maximum absolute atomic E-state index is 3.29. The Bertz CT molecular complexity index is 37.8. The molecule has 54 valence electrons. The van der Waals surface area contributed by atoms with Crippen LogP contribution in [0.3, 0.4) is 0 Å². The fourth-order valence-electron chi connectivity index (χ4n) is 0.825. The first-order chi connectivity index (χ1) is 4.41. The fourth-order valence-corrected chi connectivity index (χ4v) is 1.15. The second-order valence-corrected chi connectivity index (χ2v) is 3.00. The van der Waals surface area contributed by atoms with E-state index in [1.54, 1.807) is 0 Å². The Hall–Kier alpha value is 0.350. The molecule has 0 heterocycles. The standard InChI is InChI=1S/C8H16Br/c1-2-3-4-5-6-7-8-9/h8H,2-7H2,1H3/q+1. The average molecular weight is 192 g/mol. The minimum atomic E-state index is 1.23. The summed E-state index contributed by atoms with van der Waals surface area (Å²) >= 11 is 3.29. The number of rotatable bonds is 6. The van der Waals surface area contributed by atoms with Gasteiger partial charge in [-0.2, -0.15) is 0 Å². The Morgan fingerprint density at radius 2 is 1.78 bits per heavy atom. The van der Waals surface area contributed by atoms with E-state index in [9.17, 15) is 0 Å². The predicted octanol–water partition coefficient (Wildman–Crippen LogP) is 3.90. The van der Waals surface area contributed by atoms with E-state index < -0.39 is 0 Å². The van der Waals surface area contributed by atoms with Crippen LogP contribution in [0.5, 0.6) is 0 Å². The van der Waals surface area contributed by atoms with Crippen LogP contribution in [0.4, 0.5) is 0 Å². The van der Waals surface area contributed by atoms with Crippen LogP contribution in [0, 0.1) is 5.33 Å². The van der Waals surface area contributed by atoms with Gasteiger partial charge in [-0.3, -0.25) is 0 Å². The summed E-state index contributed by atoms with van der Waals surface area (Å²) in [6.45, 7) is 2.25. The quantitative estimate of drug-likeness (QED) is 0.442. The molecule has 0 rings (SSSR count). The molecule has 0 spiro atoms. The summed E-state index contributed by atoms with van der Waals surface area (Å²) in [6.07, 6.45) is 8.14. The van der Waals surface area contributed by atoms with E-state index in [4.69, 9.17) is 0 Å². The highest BCUT2D eigenvalue weighted by Gasteiger charge is 1.92. The molecule has 0 saturated carbocycles. The smallest absolute Gasteiger partial charge is 0.0654 e. The van der Waals surface area contributed by atoms with Crippen LogP contribution in [0.2, 0.25) is 0 Å². The largest absolute Gasteiger partial charge is 0.195 e. The molecule has 0 aliphatic rings. The summed E-state index contributed by atoms with van der Waals surface area (Å²) < 4.78 is 0. The van der Waals surface area contributed by atoms with E-state index in [-0.39, 0.29) is 0 Å². The molecular weight excluding hydrogens is 176 g/mol. The molecule has 0 N–H and O–H groups in total. The van der Waals surface area contributed by atoms with Gasteiger partial charge in [0.05, 0.1) is 6.42 Å². The molecule has 0 aromatic rings. The van der Waals surface area contributed by atoms with Gasteiger partial charge in [0.25, 0.3) is 0 Å². The highest BCUT2D eigenvalue weighted by Crippen LogP contribution is 2.07. The van der Waals surface area contributed by atoms with E-state index in [1.165, 1.54) is 38.5 Å². The molecule has 0 unspecified atom stereocenters. The third-order valence-corrected chi connectivity index (χ3v) is 1.87. The third-order valence-electron chi connectivity index (χ3n) is 1.42. The summed E-state index contributed by atoms with van der Waals surface area (Å²) in [6, 6.07) is 0. The van der Waals surface area contributed by atoms with E-state index in [1.807, 2.05) is 0 Å². The second-order valence-electron chi connectivity index (χ2n) is 2.36. The van der Waals surface area contributed by atoms with Crippen molar-refractivity contribution in [2.75, 3.05) is 0 Å². The van der Waals surface area contributed by atoms with Crippen LogP contribution in [0.15, 0.2) is 0 Å². The Morgan fingerprint density at radius 3 is 2.33 bits per heavy atom. The summed E-state index contributed by atoms with van der Waals surface area (Å²) in [7, 11) is 0. The summed E-state index contributed by atoms with van der Waals surface area (Å²) in [5.74, 6) is 0. The fraction of sp³-hybridized carbons (Fsp3) is 0.875. The average Bonchev–Trinajstić information content (AvgIpc) is 1.89. The molecule has 0 fully saturated rings. The Morgan fingerprint density at radius 1 is 1.11 bits per heavy atom. The monoisotopic (exact) mass is 191 g/mol. The lowest BCUT2D eigenvalue weighted by Crippen LogP contribution is -1.75. The molecule has 0 amide bonds. The molecular formula is C8H16Br+. The lowest BCUT2D eigenvalue weighted by atomic mass is 10.1. The van der Waals surface area contributed by atoms with Gasteiger partial charge in [0.15, 0.2) is 21.3 Å². The van der Waals surface area contributed by atoms with Gasteiger partial charge in [-0.05, 0) is 12.8 Å². The number of hydrogen-bond acceptors (Lipinski definition) is 0. The van der Waals surface area contributed by atoms with Gasteiger partial charge in [0, 0.05) is 0 Å². The maximum Gasteiger partial charge on any atom is 0.195 e. The van der Waals surface area contributed by atoms with Crippen molar-refractivity contribution in [3.05, 3.63) is 5.33 Å². The maximum atomic E-state index is 3.29. The van der Waals surface area contributed by atoms with Crippen LogP contribution in [-0.4, -0.2) is 0 Å². The number of hydrogen-bond donors (Lipinski definition) is 0. The van der Waals surface area contributed by atoms with Crippen LogP contribution < -0.4 is 0 Å². The van der Waals surface area contributed by atoms with Crippen LogP contribution in [-0.2, 0) is 0 Å². The first kappa shape index (κ1) is 9.35. The van der Waals surface area contributed by atoms with Crippen molar-refractivity contribution in [2.24, 2.45) is 0 Å². The molecule has 0 aromatic heterocycles. The van der Waals surface area contributed by atoms with E-state index in [0.29, 0.717) is 0 Å². The van der Waals surface area contributed by atoms with Crippen LogP contribution >= 0.6 is 15.9 Å². The van der Waals surface area contributed by atoms with Gasteiger partial charge in [-0.1, -0.05) is 26.2 Å². The van der Waals surface area contributed by atoms with Crippen molar-refractivity contribution in [3.63, 3.8) is 0 Å². The Balaban J connectivity index is 2.60. The summed E-state index contributed by atoms with van der Waals surface area (Å²) in [5, 5.41) is 2.07. The molecule has 0 radical (unpaired) electrons. The molecule has 0 nitrogen and oxygen atoms in total.